The number of carbonyl (C=O) groups excluding carboxylic acids is 3. The van der Waals surface area contributed by atoms with E-state index in [1.54, 1.807) is 0 Å². The second-order valence-corrected chi connectivity index (χ2v) is 23.0. The second-order valence-electron chi connectivity index (χ2n) is 23.0. The Morgan fingerprint density at radius 2 is 0.651 bits per heavy atom. The van der Waals surface area contributed by atoms with Crippen molar-refractivity contribution >= 4 is 17.9 Å². The van der Waals surface area contributed by atoms with Crippen LogP contribution in [-0.2, 0) is 33.3 Å². The average Bonchev–Trinajstić information content (AvgIpc) is 3.46. The molecule has 472 valence electrons. The quantitative estimate of drug-likeness (QED) is 0.0195. The maximum Gasteiger partial charge on any atom is 0.306 e. The van der Waals surface area contributed by atoms with E-state index in [0.717, 1.165) is 122 Å². The molecule has 9 heteroatoms. The minimum Gasteiger partial charge on any atom is -0.545 e. The van der Waals surface area contributed by atoms with E-state index in [4.69, 9.17) is 18.9 Å². The van der Waals surface area contributed by atoms with Gasteiger partial charge < -0.3 is 33.3 Å². The van der Waals surface area contributed by atoms with Crippen LogP contribution >= 0.6 is 0 Å². The third-order valence-electron chi connectivity index (χ3n) is 13.9. The van der Waals surface area contributed by atoms with Gasteiger partial charge in [0, 0.05) is 12.8 Å². The zero-order valence-corrected chi connectivity index (χ0v) is 53.8. The predicted molar refractivity (Wildman–Crippen MR) is 352 cm³/mol. The van der Waals surface area contributed by atoms with Gasteiger partial charge >= 0.3 is 11.9 Å². The number of carbonyl (C=O) groups is 3. The van der Waals surface area contributed by atoms with Crippen LogP contribution in [0, 0.1) is 0 Å². The van der Waals surface area contributed by atoms with E-state index in [-0.39, 0.29) is 38.6 Å². The van der Waals surface area contributed by atoms with Crippen molar-refractivity contribution in [2.24, 2.45) is 0 Å². The fraction of sp³-hybridized carbons (Fsp3) is 0.662. The van der Waals surface area contributed by atoms with Crippen LogP contribution in [0.3, 0.4) is 0 Å². The van der Waals surface area contributed by atoms with E-state index < -0.39 is 24.3 Å². The number of quaternary nitrogens is 1. The number of nitrogens with zero attached hydrogens (tertiary/aromatic N) is 1. The number of esters is 2. The second kappa shape index (κ2) is 63.5. The summed E-state index contributed by atoms with van der Waals surface area (Å²) in [5.41, 5.74) is 0. The number of hydrogen-bond donors (Lipinski definition) is 0. The van der Waals surface area contributed by atoms with E-state index in [2.05, 4.69) is 148 Å². The minimum absolute atomic E-state index is 0.137. The molecule has 0 heterocycles. The SMILES string of the molecule is CC/C=C\C/C=C\C/C=C\C/C=C\C/C=C\C/C=C\C/C=C\CCCCCCCC(=O)OC(COC(=O)CCCCCCCCCCCCCCCCCCCC/C=C\C/C=C\C/C=C\C/C=C\CC)COC(OCC[N+](C)(C)C)C(=O)[O-]. The van der Waals surface area contributed by atoms with Crippen molar-refractivity contribution in [3.05, 3.63) is 134 Å². The molecule has 0 aliphatic rings. The lowest BCUT2D eigenvalue weighted by Crippen LogP contribution is -2.44. The lowest BCUT2D eigenvalue weighted by molar-refractivity contribution is -0.870. The summed E-state index contributed by atoms with van der Waals surface area (Å²) in [6.45, 7) is 4.50. The Kier molecular flexibility index (Phi) is 60.0. The molecule has 0 saturated heterocycles. The predicted octanol–water partition coefficient (Wildman–Crippen LogP) is 19.2. The largest absolute Gasteiger partial charge is 0.545 e. The van der Waals surface area contributed by atoms with E-state index in [1.165, 1.54) is 103 Å². The van der Waals surface area contributed by atoms with Crippen LogP contribution in [0.25, 0.3) is 0 Å². The highest BCUT2D eigenvalue weighted by atomic mass is 16.7. The Bertz CT molecular complexity index is 1820. The Morgan fingerprint density at radius 1 is 0.361 bits per heavy atom. The lowest BCUT2D eigenvalue weighted by Gasteiger charge is -2.26. The highest BCUT2D eigenvalue weighted by Gasteiger charge is 2.22. The smallest absolute Gasteiger partial charge is 0.306 e. The summed E-state index contributed by atoms with van der Waals surface area (Å²) in [5.74, 6) is -2.31. The molecule has 0 bridgehead atoms. The van der Waals surface area contributed by atoms with E-state index >= 15 is 0 Å². The minimum atomic E-state index is -1.64. The number of carboxylic acids is 1. The molecule has 0 N–H and O–H groups in total. The van der Waals surface area contributed by atoms with Gasteiger partial charge in [0.2, 0.25) is 0 Å². The number of likely N-dealkylation sites (N-methyl/N-ethyl adjacent to an activating group) is 1. The van der Waals surface area contributed by atoms with Crippen LogP contribution in [0.4, 0.5) is 0 Å². The van der Waals surface area contributed by atoms with E-state index in [0.29, 0.717) is 17.4 Å². The van der Waals surface area contributed by atoms with Crippen molar-refractivity contribution in [2.75, 3.05) is 47.5 Å². The van der Waals surface area contributed by atoms with E-state index in [1.807, 2.05) is 21.1 Å². The first-order valence-electron chi connectivity index (χ1n) is 33.3. The molecule has 0 aliphatic heterocycles. The summed E-state index contributed by atoms with van der Waals surface area (Å²) in [7, 11) is 5.91. The van der Waals surface area contributed by atoms with Crippen molar-refractivity contribution in [1.82, 2.24) is 0 Å². The summed E-state index contributed by atoms with van der Waals surface area (Å²) >= 11 is 0. The molecular formula is C74H123NO8. The molecule has 0 amide bonds. The van der Waals surface area contributed by atoms with Crippen LogP contribution in [-0.4, -0.2) is 82.3 Å². The van der Waals surface area contributed by atoms with Gasteiger partial charge in [-0.1, -0.05) is 270 Å². The lowest BCUT2D eigenvalue weighted by atomic mass is 10.0. The Hall–Kier alpha value is -4.57. The van der Waals surface area contributed by atoms with Gasteiger partial charge in [-0.05, 0) is 109 Å². The Balaban J connectivity index is 4.20. The fourth-order valence-electron chi connectivity index (χ4n) is 8.86. The molecule has 0 fully saturated rings. The normalized spacial score (nSPS) is 13.6. The van der Waals surface area contributed by atoms with Crippen LogP contribution in [0.5, 0.6) is 0 Å². The van der Waals surface area contributed by atoms with Gasteiger partial charge in [-0.2, -0.15) is 0 Å². The number of hydrogen-bond acceptors (Lipinski definition) is 8. The maximum absolute atomic E-state index is 12.9. The first-order valence-corrected chi connectivity index (χ1v) is 33.3. The van der Waals surface area contributed by atoms with Crippen molar-refractivity contribution < 1.29 is 42.9 Å². The molecule has 0 aromatic heterocycles. The van der Waals surface area contributed by atoms with Crippen LogP contribution in [0.2, 0.25) is 0 Å². The van der Waals surface area contributed by atoms with Crippen LogP contribution in [0.1, 0.15) is 258 Å². The number of ether oxygens (including phenoxy) is 4. The van der Waals surface area contributed by atoms with Gasteiger partial charge in [-0.3, -0.25) is 9.59 Å². The molecule has 0 radical (unpaired) electrons. The summed E-state index contributed by atoms with van der Waals surface area (Å²) in [5, 5.41) is 11.8. The van der Waals surface area contributed by atoms with Crippen LogP contribution in [0.15, 0.2) is 134 Å². The first-order chi connectivity index (χ1) is 40.6. The monoisotopic (exact) mass is 1150 g/mol. The number of rotatable bonds is 60. The summed E-state index contributed by atoms with van der Waals surface area (Å²) < 4.78 is 22.8. The van der Waals surface area contributed by atoms with Gasteiger partial charge in [-0.15, -0.1) is 0 Å². The van der Waals surface area contributed by atoms with Gasteiger partial charge in [0.15, 0.2) is 12.4 Å². The molecule has 0 aromatic carbocycles. The molecule has 9 nitrogen and oxygen atoms in total. The average molecular weight is 1150 g/mol. The highest BCUT2D eigenvalue weighted by Crippen LogP contribution is 2.16. The number of carboxylic acid groups (broad SMARTS) is 1. The maximum atomic E-state index is 12.9. The molecule has 0 aliphatic carbocycles. The molecule has 0 aromatic rings. The highest BCUT2D eigenvalue weighted by molar-refractivity contribution is 5.70. The Morgan fingerprint density at radius 3 is 0.964 bits per heavy atom. The van der Waals surface area contributed by atoms with Crippen molar-refractivity contribution in [3.63, 3.8) is 0 Å². The first kappa shape index (κ1) is 78.4. The molecule has 2 atom stereocenters. The topological polar surface area (TPSA) is 111 Å². The standard InChI is InChI=1S/C74H123NO8/c1-6-8-10-12-14-16-18-20-22-24-26-28-30-32-34-35-36-37-39-40-42-44-46-48-50-52-54-56-58-60-62-64-71(76)81-68-70(69-82-74(73(78)79)80-67-66-75(3,4)5)83-72(77)65-63-61-59-57-55-53-51-49-47-45-43-41-38-33-31-29-27-25-23-21-19-17-15-13-11-9-7-2/h8-11,14-17,20-23,26-29,33,38,43,45,49,51,70,74H,6-7,12-13,18-19,24-25,30-32,34-37,39-42,44,46-48,50,52-69H2,1-5H3/b10-8-,11-9-,16-14-,17-15-,22-20-,23-21-,28-26-,29-27-,38-33-,45-43-,51-49-. The molecule has 0 spiro atoms. The van der Waals surface area contributed by atoms with Crippen molar-refractivity contribution in [3.8, 4) is 0 Å². The summed E-state index contributed by atoms with van der Waals surface area (Å²) in [4.78, 5) is 37.5. The molecular weight excluding hydrogens is 1030 g/mol. The fourth-order valence-corrected chi connectivity index (χ4v) is 8.86. The third kappa shape index (κ3) is 64.8. The zero-order valence-electron chi connectivity index (χ0n) is 53.8. The van der Waals surface area contributed by atoms with Crippen molar-refractivity contribution in [1.29, 1.82) is 0 Å². The van der Waals surface area contributed by atoms with Crippen LogP contribution < -0.4 is 5.11 Å². The third-order valence-corrected chi connectivity index (χ3v) is 13.9. The van der Waals surface area contributed by atoms with Gasteiger partial charge in [0.25, 0.3) is 0 Å². The molecule has 83 heavy (non-hydrogen) atoms. The Labute approximate surface area is 509 Å². The van der Waals surface area contributed by atoms with Gasteiger partial charge in [0.1, 0.15) is 13.2 Å². The summed E-state index contributed by atoms with van der Waals surface area (Å²) in [6.07, 6.45) is 88.0. The van der Waals surface area contributed by atoms with Gasteiger partial charge in [-0.25, -0.2) is 0 Å². The molecule has 0 saturated carbocycles. The van der Waals surface area contributed by atoms with Crippen molar-refractivity contribution in [2.45, 2.75) is 270 Å². The molecule has 2 unspecified atom stereocenters. The van der Waals surface area contributed by atoms with Gasteiger partial charge in [0.05, 0.1) is 40.3 Å². The number of aliphatic carboxylic acids is 1. The van der Waals surface area contributed by atoms with E-state index in [9.17, 15) is 19.5 Å². The molecule has 0 rings (SSSR count). The number of unbranched alkanes of at least 4 members (excludes halogenated alkanes) is 23. The zero-order chi connectivity index (χ0) is 60.5. The number of allylic oxidation sites excluding steroid dienone is 22. The summed E-state index contributed by atoms with van der Waals surface area (Å²) in [6, 6.07) is 0.